The molecule has 0 atom stereocenters. The van der Waals surface area contributed by atoms with Crippen molar-refractivity contribution >= 4 is 27.5 Å². The third-order valence-electron chi connectivity index (χ3n) is 2.70. The number of allylic oxidation sites excluding steroid dienone is 1. The van der Waals surface area contributed by atoms with Crippen LogP contribution in [0, 0.1) is 0 Å². The summed E-state index contributed by atoms with van der Waals surface area (Å²) in [5.41, 5.74) is 1.72. The van der Waals surface area contributed by atoms with Crippen molar-refractivity contribution in [1.82, 2.24) is 4.57 Å². The highest BCUT2D eigenvalue weighted by atomic mass is 79.9. The molecule has 0 N–H and O–H groups in total. The van der Waals surface area contributed by atoms with Gasteiger partial charge < -0.3 is 9.30 Å². The lowest BCUT2D eigenvalue weighted by atomic mass is 10.1. The van der Waals surface area contributed by atoms with E-state index in [0.717, 1.165) is 4.47 Å². The maximum Gasteiger partial charge on any atom is 0.338 e. The quantitative estimate of drug-likeness (QED) is 0.780. The van der Waals surface area contributed by atoms with Gasteiger partial charge in [-0.15, -0.1) is 0 Å². The highest BCUT2D eigenvalue weighted by Crippen LogP contribution is 2.32. The van der Waals surface area contributed by atoms with Gasteiger partial charge in [0.2, 0.25) is 0 Å². The number of carbonyl (C=O) groups excluding carboxylic acids is 1. The smallest absolute Gasteiger partial charge is 0.338 e. The first-order valence-electron chi connectivity index (χ1n) is 5.32. The molecule has 1 heterocycles. The lowest BCUT2D eigenvalue weighted by Gasteiger charge is -2.09. The SMILES string of the molecule is CCOC(=O)C1=CCc2c1c(Br)cn(C)c2=O. The molecule has 17 heavy (non-hydrogen) atoms. The third kappa shape index (κ3) is 1.95. The summed E-state index contributed by atoms with van der Waals surface area (Å²) in [6.45, 7) is 2.08. The van der Waals surface area contributed by atoms with Crippen molar-refractivity contribution < 1.29 is 9.53 Å². The van der Waals surface area contributed by atoms with Gasteiger partial charge in [0.15, 0.2) is 0 Å². The molecule has 5 heteroatoms. The minimum Gasteiger partial charge on any atom is -0.462 e. The van der Waals surface area contributed by atoms with E-state index in [-0.39, 0.29) is 11.5 Å². The van der Waals surface area contributed by atoms with Gasteiger partial charge >= 0.3 is 5.97 Å². The summed E-state index contributed by atoms with van der Waals surface area (Å²) >= 11 is 3.38. The summed E-state index contributed by atoms with van der Waals surface area (Å²) in [6, 6.07) is 0. The molecular formula is C12H12BrNO3. The maximum absolute atomic E-state index is 11.9. The summed E-state index contributed by atoms with van der Waals surface area (Å²) < 4.78 is 7.22. The first kappa shape index (κ1) is 12.1. The monoisotopic (exact) mass is 297 g/mol. The van der Waals surface area contributed by atoms with Crippen LogP contribution in [0.5, 0.6) is 0 Å². The van der Waals surface area contributed by atoms with E-state index in [1.54, 1.807) is 26.2 Å². The molecule has 0 unspecified atom stereocenters. The van der Waals surface area contributed by atoms with Crippen LogP contribution in [0.4, 0.5) is 0 Å². The molecule has 90 valence electrons. The number of nitrogens with zero attached hydrogens (tertiary/aromatic N) is 1. The van der Waals surface area contributed by atoms with Crippen molar-refractivity contribution in [3.05, 3.63) is 38.2 Å². The van der Waals surface area contributed by atoms with Crippen LogP contribution in [0.2, 0.25) is 0 Å². The molecule has 0 spiro atoms. The largest absolute Gasteiger partial charge is 0.462 e. The van der Waals surface area contributed by atoms with Gasteiger partial charge in [-0.3, -0.25) is 4.79 Å². The van der Waals surface area contributed by atoms with Crippen LogP contribution in [0.15, 0.2) is 21.5 Å². The van der Waals surface area contributed by atoms with Crippen molar-refractivity contribution in [2.45, 2.75) is 13.3 Å². The van der Waals surface area contributed by atoms with Crippen LogP contribution in [0.3, 0.4) is 0 Å². The highest BCUT2D eigenvalue weighted by Gasteiger charge is 2.26. The van der Waals surface area contributed by atoms with Gasteiger partial charge in [0.1, 0.15) is 0 Å². The summed E-state index contributed by atoms with van der Waals surface area (Å²) in [5.74, 6) is -0.375. The molecule has 0 aliphatic heterocycles. The van der Waals surface area contributed by atoms with E-state index in [0.29, 0.717) is 29.7 Å². The summed E-state index contributed by atoms with van der Waals surface area (Å²) in [7, 11) is 1.69. The first-order valence-corrected chi connectivity index (χ1v) is 6.11. The molecule has 2 rings (SSSR count). The van der Waals surface area contributed by atoms with Crippen LogP contribution >= 0.6 is 15.9 Å². The van der Waals surface area contributed by atoms with E-state index < -0.39 is 0 Å². The van der Waals surface area contributed by atoms with Crippen LogP contribution < -0.4 is 5.56 Å². The number of hydrogen-bond donors (Lipinski definition) is 0. The number of ether oxygens (including phenoxy) is 1. The van der Waals surface area contributed by atoms with Crippen molar-refractivity contribution in [2.24, 2.45) is 7.05 Å². The van der Waals surface area contributed by atoms with Crippen LogP contribution in [-0.4, -0.2) is 17.1 Å². The number of carbonyl (C=O) groups is 1. The number of hydrogen-bond acceptors (Lipinski definition) is 3. The Morgan fingerprint density at radius 1 is 1.59 bits per heavy atom. The maximum atomic E-state index is 11.9. The molecule has 0 saturated carbocycles. The fraction of sp³-hybridized carbons (Fsp3) is 0.333. The molecule has 0 bridgehead atoms. The number of halogens is 1. The Kier molecular flexibility index (Phi) is 3.19. The standard InChI is InChI=1S/C12H12BrNO3/c1-3-17-12(16)8-5-4-7-10(8)9(13)6-14(2)11(7)15/h5-6H,3-4H2,1-2H3. The zero-order valence-corrected chi connectivity index (χ0v) is 11.2. The zero-order valence-electron chi connectivity index (χ0n) is 9.62. The van der Waals surface area contributed by atoms with E-state index in [4.69, 9.17) is 4.74 Å². The number of aromatic nitrogens is 1. The van der Waals surface area contributed by atoms with Gasteiger partial charge in [-0.25, -0.2) is 4.79 Å². The molecular weight excluding hydrogens is 286 g/mol. The molecule has 1 aromatic heterocycles. The fourth-order valence-corrected chi connectivity index (χ4v) is 2.70. The second kappa shape index (κ2) is 4.49. The lowest BCUT2D eigenvalue weighted by Crippen LogP contribution is -2.21. The van der Waals surface area contributed by atoms with Crippen LogP contribution in [0.25, 0.3) is 5.57 Å². The first-order chi connectivity index (χ1) is 8.06. The minimum atomic E-state index is -0.375. The molecule has 1 aliphatic rings. The molecule has 0 radical (unpaired) electrons. The van der Waals surface area contributed by atoms with Gasteiger partial charge in [-0.05, 0) is 29.3 Å². The molecule has 0 amide bonds. The van der Waals surface area contributed by atoms with Crippen molar-refractivity contribution in [2.75, 3.05) is 6.61 Å². The molecule has 1 aliphatic carbocycles. The Morgan fingerprint density at radius 3 is 2.94 bits per heavy atom. The van der Waals surface area contributed by atoms with E-state index in [9.17, 15) is 9.59 Å². The van der Waals surface area contributed by atoms with E-state index in [1.165, 1.54) is 4.57 Å². The van der Waals surface area contributed by atoms with Gasteiger partial charge in [-0.1, -0.05) is 6.08 Å². The van der Waals surface area contributed by atoms with Gasteiger partial charge in [0.25, 0.3) is 5.56 Å². The number of esters is 1. The normalized spacial score (nSPS) is 13.2. The second-order valence-corrected chi connectivity index (χ2v) is 4.64. The molecule has 4 nitrogen and oxygen atoms in total. The van der Waals surface area contributed by atoms with Crippen LogP contribution in [-0.2, 0) is 23.0 Å². The highest BCUT2D eigenvalue weighted by molar-refractivity contribution is 9.10. The number of fused-ring (bicyclic) bond motifs is 1. The van der Waals surface area contributed by atoms with Crippen molar-refractivity contribution in [1.29, 1.82) is 0 Å². The van der Waals surface area contributed by atoms with E-state index in [1.807, 2.05) is 0 Å². The summed E-state index contributed by atoms with van der Waals surface area (Å²) in [4.78, 5) is 23.6. The second-order valence-electron chi connectivity index (χ2n) is 3.79. The zero-order chi connectivity index (χ0) is 12.6. The molecule has 1 aromatic rings. The Bertz CT molecular complexity index is 572. The molecule has 0 saturated heterocycles. The predicted molar refractivity (Wildman–Crippen MR) is 67.7 cm³/mol. The molecule has 0 aromatic carbocycles. The average molecular weight is 298 g/mol. The van der Waals surface area contributed by atoms with Crippen molar-refractivity contribution in [3.63, 3.8) is 0 Å². The Hall–Kier alpha value is -1.36. The Morgan fingerprint density at radius 2 is 2.29 bits per heavy atom. The number of pyridine rings is 1. The topological polar surface area (TPSA) is 48.3 Å². The van der Waals surface area contributed by atoms with Gasteiger partial charge in [0, 0.05) is 28.8 Å². The van der Waals surface area contributed by atoms with Gasteiger partial charge in [-0.2, -0.15) is 0 Å². The number of aryl methyl sites for hydroxylation is 1. The third-order valence-corrected chi connectivity index (χ3v) is 3.30. The van der Waals surface area contributed by atoms with Crippen molar-refractivity contribution in [3.8, 4) is 0 Å². The summed E-state index contributed by atoms with van der Waals surface area (Å²) in [5, 5.41) is 0. The van der Waals surface area contributed by atoms with E-state index >= 15 is 0 Å². The minimum absolute atomic E-state index is 0.0706. The Labute approximate surface area is 107 Å². The predicted octanol–water partition coefficient (Wildman–Crippen LogP) is 1.65. The van der Waals surface area contributed by atoms with E-state index in [2.05, 4.69) is 15.9 Å². The lowest BCUT2D eigenvalue weighted by molar-refractivity contribution is -0.136. The average Bonchev–Trinajstić information content (AvgIpc) is 2.71. The number of rotatable bonds is 2. The van der Waals surface area contributed by atoms with Crippen LogP contribution in [0.1, 0.15) is 18.1 Å². The molecule has 0 fully saturated rings. The van der Waals surface area contributed by atoms with Gasteiger partial charge in [0.05, 0.1) is 12.2 Å². The Balaban J connectivity index is 2.54. The fourth-order valence-electron chi connectivity index (χ4n) is 1.94. The summed E-state index contributed by atoms with van der Waals surface area (Å²) in [6.07, 6.45) is 3.89.